The zero-order valence-electron chi connectivity index (χ0n) is 8.89. The smallest absolute Gasteiger partial charge is 0.337 e. The van der Waals surface area contributed by atoms with E-state index in [9.17, 15) is 22.4 Å². The fraction of sp³-hybridized carbons (Fsp3) is 0.182. The second kappa shape index (κ2) is 5.39. The van der Waals surface area contributed by atoms with Crippen molar-refractivity contribution in [2.24, 2.45) is 0 Å². The third-order valence-corrected chi connectivity index (χ3v) is 2.37. The fourth-order valence-corrected chi connectivity index (χ4v) is 1.44. The largest absolute Gasteiger partial charge is 0.412 e. The van der Waals surface area contributed by atoms with Crippen molar-refractivity contribution >= 4 is 17.5 Å². The molecular formula is C11H8ClF4NO. The van der Waals surface area contributed by atoms with Crippen molar-refractivity contribution < 1.29 is 22.4 Å². The first-order chi connectivity index (χ1) is 8.25. The van der Waals surface area contributed by atoms with E-state index in [0.29, 0.717) is 6.08 Å². The average Bonchev–Trinajstić information content (AvgIpc) is 2.28. The summed E-state index contributed by atoms with van der Waals surface area (Å²) in [5, 5.41) is 1.26. The van der Waals surface area contributed by atoms with Crippen LogP contribution in [0.3, 0.4) is 0 Å². The molecule has 0 aliphatic heterocycles. The van der Waals surface area contributed by atoms with Gasteiger partial charge in [0.2, 0.25) is 5.91 Å². The molecule has 2 nitrogen and oxygen atoms in total. The summed E-state index contributed by atoms with van der Waals surface area (Å²) in [6.07, 6.45) is -4.01. The first-order valence-corrected chi connectivity index (χ1v) is 5.08. The van der Waals surface area contributed by atoms with Crippen LogP contribution in [0.5, 0.6) is 0 Å². The summed E-state index contributed by atoms with van der Waals surface area (Å²) in [6, 6.07) is 0.263. The maximum absolute atomic E-state index is 12.9. The molecule has 0 bridgehead atoms. The van der Waals surface area contributed by atoms with Crippen molar-refractivity contribution in [1.29, 1.82) is 0 Å². The first kappa shape index (κ1) is 14.5. The lowest BCUT2D eigenvalue weighted by Gasteiger charge is -2.21. The van der Waals surface area contributed by atoms with E-state index in [4.69, 9.17) is 11.6 Å². The first-order valence-electron chi connectivity index (χ1n) is 4.70. The Hall–Kier alpha value is -1.56. The Morgan fingerprint density at radius 1 is 1.44 bits per heavy atom. The highest BCUT2D eigenvalue weighted by atomic mass is 35.5. The quantitative estimate of drug-likeness (QED) is 0.668. The molecule has 1 amide bonds. The van der Waals surface area contributed by atoms with Gasteiger partial charge < -0.3 is 5.32 Å². The number of benzene rings is 1. The second-order valence-electron chi connectivity index (χ2n) is 3.36. The van der Waals surface area contributed by atoms with Gasteiger partial charge in [0.05, 0.1) is 5.02 Å². The van der Waals surface area contributed by atoms with Gasteiger partial charge in [-0.1, -0.05) is 24.2 Å². The molecule has 1 atom stereocenters. The number of alkyl halides is 3. The van der Waals surface area contributed by atoms with Crippen molar-refractivity contribution in [3.63, 3.8) is 0 Å². The van der Waals surface area contributed by atoms with E-state index in [2.05, 4.69) is 6.58 Å². The van der Waals surface area contributed by atoms with Gasteiger partial charge in [-0.15, -0.1) is 0 Å². The normalized spacial score (nSPS) is 12.9. The summed E-state index contributed by atoms with van der Waals surface area (Å²) in [7, 11) is 0. The van der Waals surface area contributed by atoms with Crippen LogP contribution in [-0.2, 0) is 4.79 Å². The number of hydrogen-bond acceptors (Lipinski definition) is 1. The van der Waals surface area contributed by atoms with Crippen molar-refractivity contribution in [2.75, 3.05) is 0 Å². The molecule has 0 aliphatic carbocycles. The minimum absolute atomic E-state index is 0.357. The number of hydrogen-bond donors (Lipinski definition) is 1. The molecule has 0 fully saturated rings. The molecular weight excluding hydrogens is 274 g/mol. The number of amides is 1. The molecule has 0 saturated heterocycles. The van der Waals surface area contributed by atoms with Crippen molar-refractivity contribution in [3.05, 3.63) is 47.3 Å². The van der Waals surface area contributed by atoms with Gasteiger partial charge in [-0.05, 0) is 23.8 Å². The van der Waals surface area contributed by atoms with Crippen LogP contribution in [-0.4, -0.2) is 12.1 Å². The third kappa shape index (κ3) is 3.46. The van der Waals surface area contributed by atoms with E-state index in [1.54, 1.807) is 5.32 Å². The molecule has 1 aromatic rings. The Kier molecular flexibility index (Phi) is 4.34. The highest BCUT2D eigenvalue weighted by Gasteiger charge is 2.41. The van der Waals surface area contributed by atoms with E-state index < -0.39 is 29.0 Å². The van der Waals surface area contributed by atoms with Crippen molar-refractivity contribution in [2.45, 2.75) is 12.2 Å². The molecule has 1 unspecified atom stereocenters. The van der Waals surface area contributed by atoms with Crippen molar-refractivity contribution in [3.8, 4) is 0 Å². The second-order valence-corrected chi connectivity index (χ2v) is 3.77. The molecule has 0 aromatic heterocycles. The number of carbonyl (C=O) groups excluding carboxylic acids is 1. The van der Waals surface area contributed by atoms with Crippen LogP contribution >= 0.6 is 11.6 Å². The molecule has 0 aliphatic rings. The topological polar surface area (TPSA) is 29.1 Å². The Balaban J connectivity index is 3.13. The number of carbonyl (C=O) groups is 1. The molecule has 18 heavy (non-hydrogen) atoms. The van der Waals surface area contributed by atoms with Gasteiger partial charge in [0.15, 0.2) is 6.04 Å². The van der Waals surface area contributed by atoms with Gasteiger partial charge in [0.1, 0.15) is 5.82 Å². The lowest BCUT2D eigenvalue weighted by Crippen LogP contribution is -2.37. The average molecular weight is 282 g/mol. The zero-order chi connectivity index (χ0) is 13.9. The van der Waals surface area contributed by atoms with Crippen LogP contribution in [0.15, 0.2) is 30.9 Å². The van der Waals surface area contributed by atoms with Crippen LogP contribution in [0, 0.1) is 5.82 Å². The Morgan fingerprint density at radius 2 is 2.06 bits per heavy atom. The van der Waals surface area contributed by atoms with Gasteiger partial charge in [0.25, 0.3) is 0 Å². The third-order valence-electron chi connectivity index (χ3n) is 2.08. The summed E-state index contributed by atoms with van der Waals surface area (Å²) in [5.41, 5.74) is -0.357. The molecule has 1 rings (SSSR count). The van der Waals surface area contributed by atoms with Gasteiger partial charge in [-0.3, -0.25) is 4.79 Å². The summed E-state index contributed by atoms with van der Waals surface area (Å²) in [5.74, 6) is -1.82. The minimum Gasteiger partial charge on any atom is -0.337 e. The van der Waals surface area contributed by atoms with Gasteiger partial charge in [-0.2, -0.15) is 13.2 Å². The number of halogens is 5. The highest BCUT2D eigenvalue weighted by molar-refractivity contribution is 6.30. The Morgan fingerprint density at radius 3 is 2.50 bits per heavy atom. The van der Waals surface area contributed by atoms with Crippen molar-refractivity contribution in [1.82, 2.24) is 5.32 Å². The monoisotopic (exact) mass is 281 g/mol. The number of rotatable bonds is 3. The van der Waals surface area contributed by atoms with E-state index in [0.717, 1.165) is 18.2 Å². The molecule has 0 saturated carbocycles. The Labute approximate surface area is 105 Å². The maximum atomic E-state index is 12.9. The lowest BCUT2D eigenvalue weighted by atomic mass is 10.1. The van der Waals surface area contributed by atoms with Crippen LogP contribution in [0.2, 0.25) is 5.02 Å². The molecule has 0 heterocycles. The number of nitrogens with one attached hydrogen (secondary N) is 1. The van der Waals surface area contributed by atoms with E-state index in [1.807, 2.05) is 0 Å². The zero-order valence-corrected chi connectivity index (χ0v) is 9.65. The molecule has 7 heteroatoms. The highest BCUT2D eigenvalue weighted by Crippen LogP contribution is 2.34. The summed E-state index contributed by atoms with van der Waals surface area (Å²) in [6.45, 7) is 3.06. The fourth-order valence-electron chi connectivity index (χ4n) is 1.25. The summed E-state index contributed by atoms with van der Waals surface area (Å²) >= 11 is 5.40. The molecule has 98 valence electrons. The molecule has 0 spiro atoms. The van der Waals surface area contributed by atoms with Gasteiger partial charge >= 0.3 is 6.18 Å². The molecule has 1 aromatic carbocycles. The van der Waals surface area contributed by atoms with E-state index in [1.165, 1.54) is 0 Å². The van der Waals surface area contributed by atoms with E-state index >= 15 is 0 Å². The summed E-state index contributed by atoms with van der Waals surface area (Å²) in [4.78, 5) is 11.0. The predicted octanol–water partition coefficient (Wildman–Crippen LogP) is 3.38. The van der Waals surface area contributed by atoms with E-state index in [-0.39, 0.29) is 5.56 Å². The van der Waals surface area contributed by atoms with Crippen LogP contribution in [0.4, 0.5) is 17.6 Å². The lowest BCUT2D eigenvalue weighted by molar-refractivity contribution is -0.162. The Bertz CT molecular complexity index is 473. The van der Waals surface area contributed by atoms with Gasteiger partial charge in [-0.25, -0.2) is 4.39 Å². The minimum atomic E-state index is -4.72. The summed E-state index contributed by atoms with van der Waals surface area (Å²) < 4.78 is 51.1. The maximum Gasteiger partial charge on any atom is 0.412 e. The van der Waals surface area contributed by atoms with Crippen LogP contribution in [0.25, 0.3) is 0 Å². The predicted molar refractivity (Wildman–Crippen MR) is 58.5 cm³/mol. The van der Waals surface area contributed by atoms with Crippen LogP contribution in [0.1, 0.15) is 11.6 Å². The molecule has 1 N–H and O–H groups in total. The SMILES string of the molecule is C=CC(=O)NC(c1ccc(F)c(Cl)c1)C(F)(F)F. The van der Waals surface area contributed by atoms with Gasteiger partial charge in [0, 0.05) is 0 Å². The van der Waals surface area contributed by atoms with Crippen LogP contribution < -0.4 is 5.32 Å². The standard InChI is InChI=1S/C11H8ClF4NO/c1-2-9(18)17-10(11(14,15)16)6-3-4-8(13)7(12)5-6/h2-5,10H,1H2,(H,17,18). The molecule has 0 radical (unpaired) electrons.